The van der Waals surface area contributed by atoms with Crippen LogP contribution in [0.25, 0.3) is 0 Å². The molecule has 2 aromatic rings. The molecule has 0 aliphatic rings. The minimum Gasteiger partial charge on any atom is -0.467 e. The fourth-order valence-electron chi connectivity index (χ4n) is 2.05. The van der Waals surface area contributed by atoms with Gasteiger partial charge in [-0.1, -0.05) is 48.9 Å². The van der Waals surface area contributed by atoms with E-state index in [0.717, 1.165) is 11.8 Å². The van der Waals surface area contributed by atoms with Crippen LogP contribution in [0.3, 0.4) is 0 Å². The van der Waals surface area contributed by atoms with Gasteiger partial charge < -0.3 is 10.1 Å². The van der Waals surface area contributed by atoms with E-state index >= 15 is 0 Å². The van der Waals surface area contributed by atoms with Crippen LogP contribution in [0.1, 0.15) is 28.8 Å². The number of aromatic nitrogens is 1. The SMILES string of the molecule is CC(CNC(=O)c1cnc(OCC(F)(F)F)c(Cl)c1)c1ccccc1. The quantitative estimate of drug-likeness (QED) is 0.826. The third-order valence-electron chi connectivity index (χ3n) is 3.38. The summed E-state index contributed by atoms with van der Waals surface area (Å²) < 4.78 is 40.9. The topological polar surface area (TPSA) is 51.2 Å². The largest absolute Gasteiger partial charge is 0.467 e. The molecule has 1 atom stereocenters. The molecule has 8 heteroatoms. The van der Waals surface area contributed by atoms with E-state index in [1.807, 2.05) is 37.3 Å². The van der Waals surface area contributed by atoms with Crippen molar-refractivity contribution in [1.82, 2.24) is 10.3 Å². The molecule has 134 valence electrons. The number of carbonyl (C=O) groups excluding carboxylic acids is 1. The molecule has 4 nitrogen and oxygen atoms in total. The van der Waals surface area contributed by atoms with Crippen LogP contribution in [-0.2, 0) is 0 Å². The molecule has 1 aromatic heterocycles. The fraction of sp³-hybridized carbons (Fsp3) is 0.294. The average molecular weight is 373 g/mol. The highest BCUT2D eigenvalue weighted by Crippen LogP contribution is 2.25. The number of amides is 1. The van der Waals surface area contributed by atoms with Gasteiger partial charge >= 0.3 is 6.18 Å². The molecule has 2 rings (SSSR count). The maximum Gasteiger partial charge on any atom is 0.422 e. The highest BCUT2D eigenvalue weighted by Gasteiger charge is 2.29. The first-order chi connectivity index (χ1) is 11.8. The van der Waals surface area contributed by atoms with Crippen molar-refractivity contribution in [2.45, 2.75) is 19.0 Å². The van der Waals surface area contributed by atoms with E-state index in [1.165, 1.54) is 6.07 Å². The van der Waals surface area contributed by atoms with E-state index in [0.29, 0.717) is 6.54 Å². The van der Waals surface area contributed by atoms with E-state index < -0.39 is 18.7 Å². The summed E-state index contributed by atoms with van der Waals surface area (Å²) in [4.78, 5) is 15.8. The Hall–Kier alpha value is -2.28. The second kappa shape index (κ2) is 8.20. The molecule has 1 amide bonds. The minimum atomic E-state index is -4.49. The lowest BCUT2D eigenvalue weighted by atomic mass is 10.0. The van der Waals surface area contributed by atoms with Gasteiger partial charge in [0.1, 0.15) is 5.02 Å². The Labute approximate surface area is 148 Å². The van der Waals surface area contributed by atoms with Gasteiger partial charge in [0, 0.05) is 12.7 Å². The van der Waals surface area contributed by atoms with Gasteiger partial charge in [-0.2, -0.15) is 13.2 Å². The van der Waals surface area contributed by atoms with Crippen LogP contribution in [-0.4, -0.2) is 30.2 Å². The summed E-state index contributed by atoms with van der Waals surface area (Å²) in [6.07, 6.45) is -3.37. The number of hydrogen-bond donors (Lipinski definition) is 1. The van der Waals surface area contributed by atoms with Crippen LogP contribution in [0.15, 0.2) is 42.6 Å². The Kier molecular flexibility index (Phi) is 6.25. The smallest absolute Gasteiger partial charge is 0.422 e. The van der Waals surface area contributed by atoms with E-state index in [-0.39, 0.29) is 22.4 Å². The lowest BCUT2D eigenvalue weighted by molar-refractivity contribution is -0.154. The first kappa shape index (κ1) is 19.1. The molecule has 1 heterocycles. The zero-order chi connectivity index (χ0) is 18.4. The lowest BCUT2D eigenvalue weighted by Gasteiger charge is -2.13. The average Bonchev–Trinajstić information content (AvgIpc) is 2.58. The number of ether oxygens (including phenoxy) is 1. The molecule has 0 saturated heterocycles. The molecule has 0 aliphatic heterocycles. The normalized spacial score (nSPS) is 12.5. The van der Waals surface area contributed by atoms with Gasteiger partial charge in [0.2, 0.25) is 5.88 Å². The number of pyridine rings is 1. The number of benzene rings is 1. The van der Waals surface area contributed by atoms with Crippen LogP contribution in [0.5, 0.6) is 5.88 Å². The second-order valence-electron chi connectivity index (χ2n) is 5.44. The van der Waals surface area contributed by atoms with Gasteiger partial charge in [0.05, 0.1) is 5.56 Å². The molecule has 0 fully saturated rings. The Balaban J connectivity index is 1.94. The van der Waals surface area contributed by atoms with Gasteiger partial charge in [-0.15, -0.1) is 0 Å². The molecule has 0 bridgehead atoms. The van der Waals surface area contributed by atoms with Gasteiger partial charge in [0.15, 0.2) is 6.61 Å². The van der Waals surface area contributed by atoms with Crippen molar-refractivity contribution in [1.29, 1.82) is 0 Å². The van der Waals surface area contributed by atoms with Crippen molar-refractivity contribution in [2.75, 3.05) is 13.2 Å². The molecule has 25 heavy (non-hydrogen) atoms. The standard InChI is InChI=1S/C17H16ClF3N2O2/c1-11(12-5-3-2-4-6-12)8-22-15(24)13-7-14(18)16(23-9-13)25-10-17(19,20)21/h2-7,9,11H,8,10H2,1H3,(H,22,24). The molecule has 0 saturated carbocycles. The molecule has 0 aliphatic carbocycles. The number of alkyl halides is 3. The van der Waals surface area contributed by atoms with Crippen LogP contribution >= 0.6 is 11.6 Å². The molecule has 1 unspecified atom stereocenters. The lowest BCUT2D eigenvalue weighted by Crippen LogP contribution is -2.27. The third kappa shape index (κ3) is 5.94. The second-order valence-corrected chi connectivity index (χ2v) is 5.84. The molecular formula is C17H16ClF3N2O2. The van der Waals surface area contributed by atoms with E-state index in [1.54, 1.807) is 0 Å². The zero-order valence-electron chi connectivity index (χ0n) is 13.3. The molecule has 1 N–H and O–H groups in total. The van der Waals surface area contributed by atoms with E-state index in [9.17, 15) is 18.0 Å². The van der Waals surface area contributed by atoms with Crippen molar-refractivity contribution in [2.24, 2.45) is 0 Å². The maximum atomic E-state index is 12.1. The maximum absolute atomic E-state index is 12.1. The van der Waals surface area contributed by atoms with Gasteiger partial charge in [0.25, 0.3) is 5.91 Å². The van der Waals surface area contributed by atoms with Gasteiger partial charge in [-0.25, -0.2) is 4.98 Å². The Bertz CT molecular complexity index is 724. The summed E-state index contributed by atoms with van der Waals surface area (Å²) in [5.74, 6) is -0.685. The Morgan fingerprint density at radius 1 is 1.32 bits per heavy atom. The summed E-state index contributed by atoms with van der Waals surface area (Å²) in [6, 6.07) is 10.9. The van der Waals surface area contributed by atoms with Crippen molar-refractivity contribution in [3.63, 3.8) is 0 Å². The van der Waals surface area contributed by atoms with E-state index in [2.05, 4.69) is 15.0 Å². The monoisotopic (exact) mass is 372 g/mol. The molecular weight excluding hydrogens is 357 g/mol. The number of rotatable bonds is 6. The number of nitrogens with zero attached hydrogens (tertiary/aromatic N) is 1. The summed E-state index contributed by atoms with van der Waals surface area (Å²) in [6.45, 7) is 0.863. The number of hydrogen-bond acceptors (Lipinski definition) is 3. The summed E-state index contributed by atoms with van der Waals surface area (Å²) >= 11 is 5.83. The highest BCUT2D eigenvalue weighted by molar-refractivity contribution is 6.32. The van der Waals surface area contributed by atoms with Gasteiger partial charge in [-0.05, 0) is 17.5 Å². The Morgan fingerprint density at radius 3 is 2.60 bits per heavy atom. The number of halogens is 4. The third-order valence-corrected chi connectivity index (χ3v) is 3.65. The van der Waals surface area contributed by atoms with Crippen molar-refractivity contribution >= 4 is 17.5 Å². The molecule has 1 aromatic carbocycles. The van der Waals surface area contributed by atoms with Crippen LogP contribution in [0.4, 0.5) is 13.2 Å². The molecule has 0 radical (unpaired) electrons. The van der Waals surface area contributed by atoms with Crippen LogP contribution < -0.4 is 10.1 Å². The van der Waals surface area contributed by atoms with Crippen molar-refractivity contribution < 1.29 is 22.7 Å². The summed E-state index contributed by atoms with van der Waals surface area (Å²) in [5, 5.41) is 2.58. The number of nitrogens with one attached hydrogen (secondary N) is 1. The molecule has 0 spiro atoms. The number of carbonyl (C=O) groups is 1. The van der Waals surface area contributed by atoms with Crippen molar-refractivity contribution in [3.8, 4) is 5.88 Å². The van der Waals surface area contributed by atoms with Crippen molar-refractivity contribution in [3.05, 3.63) is 58.7 Å². The highest BCUT2D eigenvalue weighted by atomic mass is 35.5. The van der Waals surface area contributed by atoms with Gasteiger partial charge in [-0.3, -0.25) is 4.79 Å². The minimum absolute atomic E-state index is 0.1000. The summed E-state index contributed by atoms with van der Waals surface area (Å²) in [7, 11) is 0. The summed E-state index contributed by atoms with van der Waals surface area (Å²) in [5.41, 5.74) is 1.22. The van der Waals surface area contributed by atoms with Crippen LogP contribution in [0.2, 0.25) is 5.02 Å². The van der Waals surface area contributed by atoms with E-state index in [4.69, 9.17) is 11.6 Å². The Morgan fingerprint density at radius 2 is 2.00 bits per heavy atom. The zero-order valence-corrected chi connectivity index (χ0v) is 14.1. The predicted octanol–water partition coefficient (Wildman–Crippen LogP) is 4.21. The van der Waals surface area contributed by atoms with Crippen LogP contribution in [0, 0.1) is 0 Å². The first-order valence-corrected chi connectivity index (χ1v) is 7.82. The first-order valence-electron chi connectivity index (χ1n) is 7.44. The fourth-order valence-corrected chi connectivity index (χ4v) is 2.27. The predicted molar refractivity (Wildman–Crippen MR) is 88.0 cm³/mol.